The van der Waals surface area contributed by atoms with Gasteiger partial charge in [0.05, 0.1) is 17.3 Å². The van der Waals surface area contributed by atoms with Crippen molar-refractivity contribution in [3.8, 4) is 17.0 Å². The van der Waals surface area contributed by atoms with Crippen LogP contribution in [0.4, 0.5) is 0 Å². The van der Waals surface area contributed by atoms with Crippen LogP contribution in [0.25, 0.3) is 11.3 Å². The van der Waals surface area contributed by atoms with Gasteiger partial charge in [-0.15, -0.1) is 11.3 Å². The summed E-state index contributed by atoms with van der Waals surface area (Å²) in [6, 6.07) is 4.31. The highest BCUT2D eigenvalue weighted by Crippen LogP contribution is 2.32. The average Bonchev–Trinajstić information content (AvgIpc) is 3.01. The maximum Gasteiger partial charge on any atom is 0.120 e. The fourth-order valence-corrected chi connectivity index (χ4v) is 3.47. The molecule has 0 N–H and O–H groups in total. The number of ether oxygens (including phenoxy) is 1. The van der Waals surface area contributed by atoms with Gasteiger partial charge in [0.2, 0.25) is 0 Å². The maximum atomic E-state index is 6.09. The Labute approximate surface area is 118 Å². The number of hydrogen-bond donors (Lipinski definition) is 0. The van der Waals surface area contributed by atoms with E-state index in [0.717, 1.165) is 11.4 Å². The highest BCUT2D eigenvalue weighted by Gasteiger charge is 2.17. The largest absolute Gasteiger partial charge is 0.490 e. The number of aromatic nitrogens is 1. The summed E-state index contributed by atoms with van der Waals surface area (Å²) in [7, 11) is 0. The first-order valence-electron chi connectivity index (χ1n) is 6.90. The molecule has 3 heteroatoms. The lowest BCUT2D eigenvalue weighted by atomic mass is 10.00. The number of thiazole rings is 1. The van der Waals surface area contributed by atoms with Crippen LogP contribution in [0.5, 0.6) is 5.75 Å². The number of nitrogens with zero attached hydrogens (tertiary/aromatic N) is 1. The lowest BCUT2D eigenvalue weighted by Gasteiger charge is -2.16. The van der Waals surface area contributed by atoms with Crippen molar-refractivity contribution in [3.05, 3.63) is 34.2 Å². The second kappa shape index (κ2) is 5.33. The van der Waals surface area contributed by atoms with Gasteiger partial charge in [-0.05, 0) is 62.8 Å². The predicted molar refractivity (Wildman–Crippen MR) is 79.9 cm³/mol. The molecular weight excluding hydrogens is 254 g/mol. The molecule has 0 atom stereocenters. The summed E-state index contributed by atoms with van der Waals surface area (Å²) in [5.74, 6) is 1.01. The minimum atomic E-state index is 0.420. The molecule has 0 bridgehead atoms. The van der Waals surface area contributed by atoms with Gasteiger partial charge in [0, 0.05) is 10.9 Å². The van der Waals surface area contributed by atoms with Gasteiger partial charge in [0.25, 0.3) is 0 Å². The van der Waals surface area contributed by atoms with Crippen LogP contribution in [-0.2, 0) is 0 Å². The van der Waals surface area contributed by atoms with Gasteiger partial charge in [0.15, 0.2) is 0 Å². The van der Waals surface area contributed by atoms with E-state index in [2.05, 4.69) is 36.3 Å². The summed E-state index contributed by atoms with van der Waals surface area (Å²) < 4.78 is 6.09. The molecule has 1 aromatic heterocycles. The van der Waals surface area contributed by atoms with E-state index in [0.29, 0.717) is 6.10 Å². The fourth-order valence-electron chi connectivity index (χ4n) is 2.93. The molecule has 100 valence electrons. The molecule has 0 saturated heterocycles. The summed E-state index contributed by atoms with van der Waals surface area (Å²) >= 11 is 1.64. The Morgan fingerprint density at radius 1 is 1.16 bits per heavy atom. The molecule has 0 unspecified atom stereocenters. The third-order valence-corrected chi connectivity index (χ3v) is 4.39. The van der Waals surface area contributed by atoms with Crippen LogP contribution in [-0.4, -0.2) is 11.1 Å². The summed E-state index contributed by atoms with van der Waals surface area (Å²) in [6.07, 6.45) is 5.43. The Morgan fingerprint density at radius 2 is 1.84 bits per heavy atom. The van der Waals surface area contributed by atoms with Crippen molar-refractivity contribution in [2.75, 3.05) is 0 Å². The quantitative estimate of drug-likeness (QED) is 0.805. The van der Waals surface area contributed by atoms with Crippen LogP contribution in [0, 0.1) is 13.8 Å². The Morgan fingerprint density at radius 3 is 2.42 bits per heavy atom. The zero-order valence-electron chi connectivity index (χ0n) is 11.5. The third kappa shape index (κ3) is 2.66. The molecule has 0 aliphatic heterocycles. The maximum absolute atomic E-state index is 6.09. The van der Waals surface area contributed by atoms with Crippen molar-refractivity contribution in [1.82, 2.24) is 4.98 Å². The van der Waals surface area contributed by atoms with Gasteiger partial charge in [-0.1, -0.05) is 0 Å². The van der Waals surface area contributed by atoms with Gasteiger partial charge >= 0.3 is 0 Å². The Kier molecular flexibility index (Phi) is 3.56. The molecule has 1 aromatic carbocycles. The summed E-state index contributed by atoms with van der Waals surface area (Å²) in [5.41, 5.74) is 6.71. The molecule has 1 aliphatic carbocycles. The first-order valence-corrected chi connectivity index (χ1v) is 7.85. The second-order valence-electron chi connectivity index (χ2n) is 5.33. The average molecular weight is 273 g/mol. The highest BCUT2D eigenvalue weighted by molar-refractivity contribution is 7.07. The van der Waals surface area contributed by atoms with Crippen LogP contribution in [0.1, 0.15) is 36.8 Å². The van der Waals surface area contributed by atoms with Crippen molar-refractivity contribution >= 4 is 11.3 Å². The molecule has 19 heavy (non-hydrogen) atoms. The first-order chi connectivity index (χ1) is 9.24. The minimum Gasteiger partial charge on any atom is -0.490 e. The van der Waals surface area contributed by atoms with E-state index < -0.39 is 0 Å². The van der Waals surface area contributed by atoms with E-state index in [-0.39, 0.29) is 0 Å². The molecule has 3 rings (SSSR count). The molecule has 0 radical (unpaired) electrons. The van der Waals surface area contributed by atoms with E-state index in [4.69, 9.17) is 4.74 Å². The highest BCUT2D eigenvalue weighted by atomic mass is 32.1. The Balaban J connectivity index is 1.89. The van der Waals surface area contributed by atoms with Crippen LogP contribution >= 0.6 is 11.3 Å². The second-order valence-corrected chi connectivity index (χ2v) is 6.05. The van der Waals surface area contributed by atoms with Crippen molar-refractivity contribution in [2.45, 2.75) is 45.6 Å². The van der Waals surface area contributed by atoms with Crippen molar-refractivity contribution in [2.24, 2.45) is 0 Å². The van der Waals surface area contributed by atoms with E-state index in [9.17, 15) is 0 Å². The Hall–Kier alpha value is -1.35. The van der Waals surface area contributed by atoms with E-state index in [1.807, 2.05) is 5.51 Å². The standard InChI is InChI=1S/C16H19NOS/c1-11-7-14(18-13-5-3-4-6-13)8-12(2)16(11)15-9-19-10-17-15/h7-10,13H,3-6H2,1-2H3. The topological polar surface area (TPSA) is 22.1 Å². The van der Waals surface area contributed by atoms with Crippen LogP contribution < -0.4 is 4.74 Å². The van der Waals surface area contributed by atoms with Crippen LogP contribution in [0.3, 0.4) is 0 Å². The molecule has 1 saturated carbocycles. The van der Waals surface area contributed by atoms with Crippen LogP contribution in [0.2, 0.25) is 0 Å². The number of benzene rings is 1. The van der Waals surface area contributed by atoms with Gasteiger partial charge < -0.3 is 4.74 Å². The monoisotopic (exact) mass is 273 g/mol. The molecule has 2 aromatic rings. The van der Waals surface area contributed by atoms with Gasteiger partial charge in [0.1, 0.15) is 5.75 Å². The number of rotatable bonds is 3. The zero-order chi connectivity index (χ0) is 13.2. The van der Waals surface area contributed by atoms with E-state index in [1.54, 1.807) is 11.3 Å². The van der Waals surface area contributed by atoms with Gasteiger partial charge in [-0.3, -0.25) is 0 Å². The summed E-state index contributed by atoms with van der Waals surface area (Å²) in [6.45, 7) is 4.28. The van der Waals surface area contributed by atoms with E-state index >= 15 is 0 Å². The fraction of sp³-hybridized carbons (Fsp3) is 0.438. The molecule has 1 aliphatic rings. The summed E-state index contributed by atoms with van der Waals surface area (Å²) in [4.78, 5) is 4.42. The molecular formula is C16H19NOS. The van der Waals surface area contributed by atoms with Crippen molar-refractivity contribution in [3.63, 3.8) is 0 Å². The number of aryl methyl sites for hydroxylation is 2. The zero-order valence-corrected chi connectivity index (χ0v) is 12.3. The van der Waals surface area contributed by atoms with E-state index in [1.165, 1.54) is 42.4 Å². The molecule has 0 spiro atoms. The lowest BCUT2D eigenvalue weighted by molar-refractivity contribution is 0.210. The molecule has 0 amide bonds. The first kappa shape index (κ1) is 12.7. The SMILES string of the molecule is Cc1cc(OC2CCCC2)cc(C)c1-c1cscn1. The smallest absolute Gasteiger partial charge is 0.120 e. The van der Waals surface area contributed by atoms with Crippen molar-refractivity contribution < 1.29 is 4.74 Å². The predicted octanol–water partition coefficient (Wildman–Crippen LogP) is 4.75. The molecule has 2 nitrogen and oxygen atoms in total. The van der Waals surface area contributed by atoms with Gasteiger partial charge in [-0.25, -0.2) is 4.98 Å². The normalized spacial score (nSPS) is 15.9. The third-order valence-electron chi connectivity index (χ3n) is 3.80. The Bertz CT molecular complexity index is 533. The lowest BCUT2D eigenvalue weighted by Crippen LogP contribution is -2.11. The molecule has 1 heterocycles. The van der Waals surface area contributed by atoms with Crippen LogP contribution in [0.15, 0.2) is 23.0 Å². The van der Waals surface area contributed by atoms with Gasteiger partial charge in [-0.2, -0.15) is 0 Å². The summed E-state index contributed by atoms with van der Waals surface area (Å²) in [5, 5.41) is 2.10. The minimum absolute atomic E-state index is 0.420. The van der Waals surface area contributed by atoms with Crippen molar-refractivity contribution in [1.29, 1.82) is 0 Å². The number of hydrogen-bond acceptors (Lipinski definition) is 3. The molecule has 1 fully saturated rings.